The topological polar surface area (TPSA) is 30.5 Å². The highest BCUT2D eigenvalue weighted by Gasteiger charge is 2.10. The van der Waals surface area contributed by atoms with Crippen molar-refractivity contribution in [3.8, 4) is 11.5 Å². The molecule has 3 aromatic rings. The van der Waals surface area contributed by atoms with Crippen LogP contribution in [0, 0.1) is 5.82 Å². The zero-order valence-corrected chi connectivity index (χ0v) is 17.9. The van der Waals surface area contributed by atoms with Crippen LogP contribution in [0.15, 0.2) is 54.6 Å². The number of hydrogen-bond acceptors (Lipinski definition) is 3. The van der Waals surface area contributed by atoms with Gasteiger partial charge in [-0.15, -0.1) is 0 Å². The number of anilines is 1. The monoisotopic (exact) mass is 453 g/mol. The molecule has 0 atom stereocenters. The van der Waals surface area contributed by atoms with Crippen molar-refractivity contribution in [1.29, 1.82) is 0 Å². The second-order valence-corrected chi connectivity index (χ2v) is 7.47. The predicted octanol–water partition coefficient (Wildman–Crippen LogP) is 7.38. The Morgan fingerprint density at radius 3 is 2.45 bits per heavy atom. The van der Waals surface area contributed by atoms with Gasteiger partial charge < -0.3 is 14.8 Å². The maximum atomic E-state index is 13.2. The van der Waals surface area contributed by atoms with Crippen molar-refractivity contribution in [2.45, 2.75) is 20.1 Å². The Balaban J connectivity index is 1.71. The van der Waals surface area contributed by atoms with Crippen molar-refractivity contribution in [3.05, 3.63) is 86.6 Å². The Morgan fingerprint density at radius 2 is 1.69 bits per heavy atom. The molecule has 0 saturated heterocycles. The first-order chi connectivity index (χ1) is 14.0. The Hall–Kier alpha value is -2.14. The molecule has 3 aromatic carbocycles. The number of ether oxygens (including phenoxy) is 2. The number of benzene rings is 3. The molecule has 0 bridgehead atoms. The molecule has 1 N–H and O–H groups in total. The normalized spacial score (nSPS) is 10.7. The highest BCUT2D eigenvalue weighted by Crippen LogP contribution is 2.31. The molecule has 0 aliphatic heterocycles. The molecule has 0 aliphatic carbocycles. The maximum absolute atomic E-state index is 13.2. The smallest absolute Gasteiger partial charge is 0.161 e. The van der Waals surface area contributed by atoms with Gasteiger partial charge in [0.1, 0.15) is 12.4 Å². The first kappa shape index (κ1) is 21.6. The van der Waals surface area contributed by atoms with Gasteiger partial charge in [-0.2, -0.15) is 0 Å². The summed E-state index contributed by atoms with van der Waals surface area (Å²) in [5.74, 6) is 0.810. The third kappa shape index (κ3) is 5.92. The molecule has 7 heteroatoms. The minimum Gasteiger partial charge on any atom is -0.490 e. The van der Waals surface area contributed by atoms with E-state index in [0.29, 0.717) is 45.3 Å². The Bertz CT molecular complexity index is 998. The summed E-state index contributed by atoms with van der Waals surface area (Å²) in [4.78, 5) is 0. The number of nitrogens with one attached hydrogen (secondary N) is 1. The predicted molar refractivity (Wildman–Crippen MR) is 117 cm³/mol. The fourth-order valence-electron chi connectivity index (χ4n) is 2.67. The lowest BCUT2D eigenvalue weighted by Crippen LogP contribution is -2.03. The number of hydrogen-bond donors (Lipinski definition) is 1. The van der Waals surface area contributed by atoms with Gasteiger partial charge in [-0.25, -0.2) is 4.39 Å². The molecule has 152 valence electrons. The Morgan fingerprint density at radius 1 is 0.862 bits per heavy atom. The van der Waals surface area contributed by atoms with E-state index in [2.05, 4.69) is 5.32 Å². The van der Waals surface area contributed by atoms with Crippen LogP contribution in [0.4, 0.5) is 10.1 Å². The fourth-order valence-corrected chi connectivity index (χ4v) is 3.25. The van der Waals surface area contributed by atoms with Crippen molar-refractivity contribution in [2.24, 2.45) is 0 Å². The van der Waals surface area contributed by atoms with Gasteiger partial charge in [-0.05, 0) is 55.0 Å². The summed E-state index contributed by atoms with van der Waals surface area (Å²) in [5.41, 5.74) is 2.43. The molecule has 0 fully saturated rings. The van der Waals surface area contributed by atoms with Gasteiger partial charge in [-0.1, -0.05) is 46.9 Å². The van der Waals surface area contributed by atoms with Crippen LogP contribution in [-0.4, -0.2) is 6.61 Å². The summed E-state index contributed by atoms with van der Waals surface area (Å²) in [7, 11) is 0. The first-order valence-corrected chi connectivity index (χ1v) is 10.1. The lowest BCUT2D eigenvalue weighted by molar-refractivity contribution is 0.269. The van der Waals surface area contributed by atoms with Crippen LogP contribution < -0.4 is 14.8 Å². The molecule has 0 aliphatic rings. The van der Waals surface area contributed by atoms with Gasteiger partial charge in [0, 0.05) is 17.1 Å². The molecule has 0 saturated carbocycles. The summed E-state index contributed by atoms with van der Waals surface area (Å²) >= 11 is 18.3. The van der Waals surface area contributed by atoms with Crippen LogP contribution in [0.5, 0.6) is 11.5 Å². The van der Waals surface area contributed by atoms with Crippen molar-refractivity contribution >= 4 is 40.5 Å². The van der Waals surface area contributed by atoms with Crippen LogP contribution in [0.3, 0.4) is 0 Å². The van der Waals surface area contributed by atoms with Gasteiger partial charge >= 0.3 is 0 Å². The summed E-state index contributed by atoms with van der Waals surface area (Å²) < 4.78 is 24.8. The zero-order chi connectivity index (χ0) is 20.8. The van der Waals surface area contributed by atoms with E-state index in [1.165, 1.54) is 12.1 Å². The van der Waals surface area contributed by atoms with Crippen molar-refractivity contribution in [3.63, 3.8) is 0 Å². The number of halogens is 4. The molecule has 0 heterocycles. The van der Waals surface area contributed by atoms with Crippen molar-refractivity contribution in [1.82, 2.24) is 0 Å². The second-order valence-electron chi connectivity index (χ2n) is 6.22. The molecular formula is C22H19Cl3FNO2. The van der Waals surface area contributed by atoms with E-state index in [1.807, 2.05) is 25.1 Å². The average Bonchev–Trinajstić information content (AvgIpc) is 2.69. The summed E-state index contributed by atoms with van der Waals surface area (Å²) in [6.07, 6.45) is 0. The van der Waals surface area contributed by atoms with Crippen molar-refractivity contribution < 1.29 is 13.9 Å². The van der Waals surface area contributed by atoms with E-state index in [0.717, 1.165) is 11.3 Å². The summed E-state index contributed by atoms with van der Waals surface area (Å²) in [6, 6.07) is 15.1. The van der Waals surface area contributed by atoms with Gasteiger partial charge in [0.25, 0.3) is 0 Å². The molecule has 3 nitrogen and oxygen atoms in total. The molecule has 0 unspecified atom stereocenters. The highest BCUT2D eigenvalue weighted by molar-refractivity contribution is 6.35. The van der Waals surface area contributed by atoms with Gasteiger partial charge in [0.2, 0.25) is 0 Å². The van der Waals surface area contributed by atoms with Crippen LogP contribution in [-0.2, 0) is 13.2 Å². The van der Waals surface area contributed by atoms with E-state index >= 15 is 0 Å². The molecule has 29 heavy (non-hydrogen) atoms. The lowest BCUT2D eigenvalue weighted by Gasteiger charge is -2.15. The van der Waals surface area contributed by atoms with Crippen LogP contribution in [0.25, 0.3) is 0 Å². The van der Waals surface area contributed by atoms with Crippen LogP contribution in [0.1, 0.15) is 18.1 Å². The highest BCUT2D eigenvalue weighted by atomic mass is 35.5. The average molecular weight is 455 g/mol. The largest absolute Gasteiger partial charge is 0.490 e. The molecule has 0 radical (unpaired) electrons. The van der Waals surface area contributed by atoms with Gasteiger partial charge in [0.15, 0.2) is 11.5 Å². The lowest BCUT2D eigenvalue weighted by atomic mass is 10.2. The minimum absolute atomic E-state index is 0.203. The molecular weight excluding hydrogens is 436 g/mol. The summed E-state index contributed by atoms with van der Waals surface area (Å²) in [5, 5.41) is 4.78. The van der Waals surface area contributed by atoms with E-state index in [1.54, 1.807) is 24.3 Å². The third-order valence-electron chi connectivity index (χ3n) is 4.12. The van der Waals surface area contributed by atoms with Crippen LogP contribution in [0.2, 0.25) is 15.1 Å². The summed E-state index contributed by atoms with van der Waals surface area (Å²) in [6.45, 7) is 3.13. The number of rotatable bonds is 8. The second kappa shape index (κ2) is 10.1. The minimum atomic E-state index is -0.384. The van der Waals surface area contributed by atoms with Crippen LogP contribution >= 0.6 is 34.8 Å². The molecule has 3 rings (SSSR count). The Labute approximate surface area is 184 Å². The zero-order valence-electron chi connectivity index (χ0n) is 15.6. The van der Waals surface area contributed by atoms with E-state index < -0.39 is 0 Å². The van der Waals surface area contributed by atoms with Gasteiger partial charge in [-0.3, -0.25) is 0 Å². The molecule has 0 aromatic heterocycles. The van der Waals surface area contributed by atoms with E-state index in [4.69, 9.17) is 44.3 Å². The third-order valence-corrected chi connectivity index (χ3v) is 5.03. The standard InChI is InChI=1S/C22H19Cl3FNO2/c1-2-28-22-9-14(12-27-20-10-16(23)5-7-18(20)24)3-8-21(22)29-13-15-4-6-17(26)11-19(15)25/h3-11,27H,2,12-13H2,1H3. The Kier molecular flexibility index (Phi) is 7.48. The quantitative estimate of drug-likeness (QED) is 0.385. The SMILES string of the molecule is CCOc1cc(CNc2cc(Cl)ccc2Cl)ccc1OCc1ccc(F)cc1Cl. The molecule has 0 amide bonds. The molecule has 0 spiro atoms. The van der Waals surface area contributed by atoms with Gasteiger partial charge in [0.05, 0.1) is 22.3 Å². The van der Waals surface area contributed by atoms with Crippen molar-refractivity contribution in [2.75, 3.05) is 11.9 Å². The maximum Gasteiger partial charge on any atom is 0.161 e. The van der Waals surface area contributed by atoms with E-state index in [-0.39, 0.29) is 12.4 Å². The fraction of sp³-hybridized carbons (Fsp3) is 0.182. The van der Waals surface area contributed by atoms with E-state index in [9.17, 15) is 4.39 Å². The first-order valence-electron chi connectivity index (χ1n) is 8.97.